The second kappa shape index (κ2) is 10.0. The van der Waals surface area contributed by atoms with Gasteiger partial charge in [-0.05, 0) is 56.3 Å². The highest BCUT2D eigenvalue weighted by Gasteiger charge is 2.30. The van der Waals surface area contributed by atoms with Crippen molar-refractivity contribution in [1.29, 1.82) is 0 Å². The van der Waals surface area contributed by atoms with E-state index in [1.165, 1.54) is 23.5 Å². The fourth-order valence-electron chi connectivity index (χ4n) is 3.40. The van der Waals surface area contributed by atoms with E-state index in [0.29, 0.717) is 49.1 Å². The van der Waals surface area contributed by atoms with E-state index in [0.717, 1.165) is 0 Å². The Morgan fingerprint density at radius 3 is 2.10 bits per heavy atom. The highest BCUT2D eigenvalue weighted by Crippen LogP contribution is 2.29. The van der Waals surface area contributed by atoms with Gasteiger partial charge in [-0.2, -0.15) is 4.31 Å². The van der Waals surface area contributed by atoms with Gasteiger partial charge in [0, 0.05) is 31.7 Å². The van der Waals surface area contributed by atoms with Gasteiger partial charge in [-0.15, -0.1) is 0 Å². The molecule has 1 aliphatic rings. The molecule has 3 rings (SSSR count). The predicted octanol–water partition coefficient (Wildman–Crippen LogP) is 2.64. The summed E-state index contributed by atoms with van der Waals surface area (Å²) in [5.41, 5.74) is 0.485. The van der Waals surface area contributed by atoms with Crippen molar-refractivity contribution >= 4 is 15.9 Å². The number of rotatable bonds is 8. The maximum Gasteiger partial charge on any atom is 0.254 e. The molecule has 31 heavy (non-hydrogen) atoms. The zero-order valence-corrected chi connectivity index (χ0v) is 18.9. The molecule has 0 aromatic heterocycles. The molecule has 0 N–H and O–H groups in total. The molecule has 9 heteroatoms. The minimum Gasteiger partial charge on any atom is -0.497 e. The summed E-state index contributed by atoms with van der Waals surface area (Å²) >= 11 is 0. The number of hydrogen-bond donors (Lipinski definition) is 0. The van der Waals surface area contributed by atoms with Crippen LogP contribution in [0.3, 0.4) is 0 Å². The molecule has 0 spiro atoms. The Morgan fingerprint density at radius 2 is 1.52 bits per heavy atom. The largest absolute Gasteiger partial charge is 0.497 e. The van der Waals surface area contributed by atoms with Crippen LogP contribution in [0.1, 0.15) is 24.2 Å². The van der Waals surface area contributed by atoms with Crippen LogP contribution in [0, 0.1) is 0 Å². The lowest BCUT2D eigenvalue weighted by Crippen LogP contribution is -2.50. The molecule has 8 nitrogen and oxygen atoms in total. The van der Waals surface area contributed by atoms with E-state index < -0.39 is 10.0 Å². The van der Waals surface area contributed by atoms with Gasteiger partial charge in [-0.3, -0.25) is 4.79 Å². The van der Waals surface area contributed by atoms with Crippen LogP contribution in [0.2, 0.25) is 0 Å². The third-order valence-electron chi connectivity index (χ3n) is 5.01. The molecule has 0 atom stereocenters. The molecule has 1 heterocycles. The zero-order chi connectivity index (χ0) is 22.4. The number of carbonyl (C=O) groups is 1. The van der Waals surface area contributed by atoms with Crippen LogP contribution in [0.25, 0.3) is 0 Å². The quantitative estimate of drug-likeness (QED) is 0.617. The third kappa shape index (κ3) is 5.11. The number of nitrogens with zero attached hydrogens (tertiary/aromatic N) is 2. The minimum absolute atomic E-state index is 0.162. The van der Waals surface area contributed by atoms with Gasteiger partial charge in [0.15, 0.2) is 11.5 Å². The number of sulfonamides is 1. The summed E-state index contributed by atoms with van der Waals surface area (Å²) < 4.78 is 43.4. The zero-order valence-electron chi connectivity index (χ0n) is 18.0. The predicted molar refractivity (Wildman–Crippen MR) is 116 cm³/mol. The van der Waals surface area contributed by atoms with Gasteiger partial charge in [0.25, 0.3) is 5.91 Å². The Morgan fingerprint density at radius 1 is 0.903 bits per heavy atom. The van der Waals surface area contributed by atoms with Crippen molar-refractivity contribution in [2.75, 3.05) is 46.5 Å². The van der Waals surface area contributed by atoms with Crippen molar-refractivity contribution in [2.24, 2.45) is 0 Å². The van der Waals surface area contributed by atoms with Crippen LogP contribution in [0.5, 0.6) is 17.2 Å². The Bertz CT molecular complexity index is 999. The molecule has 1 fully saturated rings. The number of methoxy groups -OCH3 is 1. The first-order chi connectivity index (χ1) is 14.9. The summed E-state index contributed by atoms with van der Waals surface area (Å²) in [7, 11) is -2.09. The average Bonchev–Trinajstić information content (AvgIpc) is 2.80. The molecule has 2 aromatic rings. The van der Waals surface area contributed by atoms with E-state index in [9.17, 15) is 13.2 Å². The minimum atomic E-state index is -3.62. The summed E-state index contributed by atoms with van der Waals surface area (Å²) in [4.78, 5) is 14.8. The van der Waals surface area contributed by atoms with Crippen molar-refractivity contribution in [3.8, 4) is 17.2 Å². The summed E-state index contributed by atoms with van der Waals surface area (Å²) in [5.74, 6) is 1.55. The Labute approximate surface area is 183 Å². The van der Waals surface area contributed by atoms with Crippen molar-refractivity contribution in [3.63, 3.8) is 0 Å². The maximum absolute atomic E-state index is 13.0. The topological polar surface area (TPSA) is 85.4 Å². The number of piperazine rings is 1. The molecular weight excluding hydrogens is 420 g/mol. The number of ether oxygens (including phenoxy) is 3. The molecule has 0 aliphatic carbocycles. The third-order valence-corrected chi connectivity index (χ3v) is 6.93. The van der Waals surface area contributed by atoms with Crippen LogP contribution in [-0.4, -0.2) is 70.0 Å². The maximum atomic E-state index is 13.0. The number of benzene rings is 2. The number of hydrogen-bond acceptors (Lipinski definition) is 6. The first-order valence-corrected chi connectivity index (χ1v) is 11.7. The Balaban J connectivity index is 1.68. The second-order valence-corrected chi connectivity index (χ2v) is 8.84. The SMILES string of the molecule is CCOc1ccc(C(=O)N2CCN(S(=O)(=O)c3ccc(OC)cc3)CC2)cc1OCC. The Kier molecular flexibility index (Phi) is 7.40. The van der Waals surface area contributed by atoms with Gasteiger partial charge in [0.2, 0.25) is 10.0 Å². The van der Waals surface area contributed by atoms with Gasteiger partial charge >= 0.3 is 0 Å². The van der Waals surface area contributed by atoms with Crippen molar-refractivity contribution in [1.82, 2.24) is 9.21 Å². The van der Waals surface area contributed by atoms with Gasteiger partial charge in [-0.1, -0.05) is 0 Å². The smallest absolute Gasteiger partial charge is 0.254 e. The van der Waals surface area contributed by atoms with Gasteiger partial charge in [0.05, 0.1) is 25.2 Å². The average molecular weight is 449 g/mol. The van der Waals surface area contributed by atoms with E-state index in [-0.39, 0.29) is 23.9 Å². The van der Waals surface area contributed by atoms with Gasteiger partial charge in [0.1, 0.15) is 5.75 Å². The van der Waals surface area contributed by atoms with E-state index in [1.54, 1.807) is 35.2 Å². The second-order valence-electron chi connectivity index (χ2n) is 6.90. The Hall–Kier alpha value is -2.78. The summed E-state index contributed by atoms with van der Waals surface area (Å²) in [5, 5.41) is 0. The van der Waals surface area contributed by atoms with Crippen LogP contribution in [-0.2, 0) is 10.0 Å². The monoisotopic (exact) mass is 448 g/mol. The molecule has 1 saturated heterocycles. The number of amides is 1. The first kappa shape index (κ1) is 22.9. The molecule has 1 amide bonds. The highest BCUT2D eigenvalue weighted by atomic mass is 32.2. The van der Waals surface area contributed by atoms with Crippen LogP contribution < -0.4 is 14.2 Å². The lowest BCUT2D eigenvalue weighted by atomic mass is 10.1. The fraction of sp³-hybridized carbons (Fsp3) is 0.409. The summed E-state index contributed by atoms with van der Waals surface area (Å²) in [6.45, 7) is 5.79. The normalized spacial score (nSPS) is 14.9. The molecule has 0 unspecified atom stereocenters. The lowest BCUT2D eigenvalue weighted by Gasteiger charge is -2.34. The molecule has 168 valence electrons. The highest BCUT2D eigenvalue weighted by molar-refractivity contribution is 7.89. The van der Waals surface area contributed by atoms with Crippen LogP contribution in [0.4, 0.5) is 0 Å². The number of carbonyl (C=O) groups excluding carboxylic acids is 1. The van der Waals surface area contributed by atoms with E-state index in [1.807, 2.05) is 13.8 Å². The summed E-state index contributed by atoms with van der Waals surface area (Å²) in [6, 6.07) is 11.4. The van der Waals surface area contributed by atoms with Crippen LogP contribution in [0.15, 0.2) is 47.4 Å². The standard InChI is InChI=1S/C22H28N2O6S/c1-4-29-20-11-6-17(16-21(20)30-5-2)22(25)23-12-14-24(15-13-23)31(26,27)19-9-7-18(28-3)8-10-19/h6-11,16H,4-5,12-15H2,1-3H3. The molecule has 0 radical (unpaired) electrons. The van der Waals surface area contributed by atoms with Gasteiger partial charge < -0.3 is 19.1 Å². The molecule has 0 saturated carbocycles. The molecule has 0 bridgehead atoms. The lowest BCUT2D eigenvalue weighted by molar-refractivity contribution is 0.0697. The summed E-state index contributed by atoms with van der Waals surface area (Å²) in [6.07, 6.45) is 0. The van der Waals surface area contributed by atoms with Crippen molar-refractivity contribution in [3.05, 3.63) is 48.0 Å². The van der Waals surface area contributed by atoms with Gasteiger partial charge in [-0.25, -0.2) is 8.42 Å². The van der Waals surface area contributed by atoms with Crippen molar-refractivity contribution in [2.45, 2.75) is 18.7 Å². The van der Waals surface area contributed by atoms with Crippen LogP contribution >= 0.6 is 0 Å². The fourth-order valence-corrected chi connectivity index (χ4v) is 4.82. The van der Waals surface area contributed by atoms with E-state index >= 15 is 0 Å². The molecule has 2 aromatic carbocycles. The van der Waals surface area contributed by atoms with E-state index in [4.69, 9.17) is 14.2 Å². The van der Waals surface area contributed by atoms with E-state index in [2.05, 4.69) is 0 Å². The molecule has 1 aliphatic heterocycles. The first-order valence-electron chi connectivity index (χ1n) is 10.2. The van der Waals surface area contributed by atoms with Crippen molar-refractivity contribution < 1.29 is 27.4 Å². The molecular formula is C22H28N2O6S.